The number of nitrogen functional groups attached to an aromatic ring is 1. The summed E-state index contributed by atoms with van der Waals surface area (Å²) in [6, 6.07) is 9.03. The Morgan fingerprint density at radius 1 is 1.21 bits per heavy atom. The largest absolute Gasteiger partial charge is 0.374 e. The Bertz CT molecular complexity index is 749. The number of amides is 1. The summed E-state index contributed by atoms with van der Waals surface area (Å²) in [5.74, 6) is -0.255. The van der Waals surface area contributed by atoms with Gasteiger partial charge in [0.15, 0.2) is 0 Å². The number of anilines is 2. The fourth-order valence-electron chi connectivity index (χ4n) is 1.75. The molecule has 94 valence electrons. The molecule has 0 unspecified atom stereocenters. The second-order valence-corrected chi connectivity index (χ2v) is 4.78. The predicted molar refractivity (Wildman–Crippen MR) is 74.0 cm³/mol. The number of hydrogen-bond donors (Lipinski definition) is 2. The molecular formula is C12H9N5OS. The summed E-state index contributed by atoms with van der Waals surface area (Å²) in [4.78, 5) is 16.4. The summed E-state index contributed by atoms with van der Waals surface area (Å²) >= 11 is 1.12. The Labute approximate surface area is 112 Å². The zero-order valence-electron chi connectivity index (χ0n) is 9.70. The number of benzene rings is 1. The van der Waals surface area contributed by atoms with Crippen LogP contribution in [0.15, 0.2) is 36.5 Å². The lowest BCUT2D eigenvalue weighted by Gasteiger charge is -2.04. The first-order valence-electron chi connectivity index (χ1n) is 5.48. The summed E-state index contributed by atoms with van der Waals surface area (Å²) in [6.45, 7) is 0. The van der Waals surface area contributed by atoms with Crippen molar-refractivity contribution in [3.05, 3.63) is 42.1 Å². The van der Waals surface area contributed by atoms with Gasteiger partial charge >= 0.3 is 0 Å². The van der Waals surface area contributed by atoms with Gasteiger partial charge in [0.25, 0.3) is 5.91 Å². The monoisotopic (exact) mass is 271 g/mol. The first-order valence-corrected chi connectivity index (χ1v) is 6.30. The van der Waals surface area contributed by atoms with Gasteiger partial charge in [0.2, 0.25) is 10.3 Å². The van der Waals surface area contributed by atoms with Gasteiger partial charge in [0.05, 0.1) is 5.52 Å². The molecule has 0 saturated carbocycles. The fraction of sp³-hybridized carbons (Fsp3) is 0. The first kappa shape index (κ1) is 11.5. The predicted octanol–water partition coefficient (Wildman–Crippen LogP) is 1.92. The van der Waals surface area contributed by atoms with Crippen LogP contribution in [0, 0.1) is 0 Å². The first-order chi connectivity index (χ1) is 9.24. The molecule has 2 aromatic heterocycles. The highest BCUT2D eigenvalue weighted by Crippen LogP contribution is 2.20. The maximum atomic E-state index is 12.2. The van der Waals surface area contributed by atoms with Crippen LogP contribution in [0.4, 0.5) is 10.3 Å². The Balaban J connectivity index is 1.97. The summed E-state index contributed by atoms with van der Waals surface area (Å²) < 4.78 is 0. The van der Waals surface area contributed by atoms with E-state index in [0.29, 0.717) is 15.8 Å². The molecule has 0 bridgehead atoms. The minimum atomic E-state index is -0.255. The molecule has 3 rings (SSSR count). The van der Waals surface area contributed by atoms with Gasteiger partial charge in [0.1, 0.15) is 0 Å². The van der Waals surface area contributed by atoms with Crippen LogP contribution in [0.2, 0.25) is 0 Å². The average molecular weight is 271 g/mol. The number of carbonyl (C=O) groups is 1. The van der Waals surface area contributed by atoms with Gasteiger partial charge < -0.3 is 5.73 Å². The molecule has 6 nitrogen and oxygen atoms in total. The molecule has 3 N–H and O–H groups in total. The molecule has 0 fully saturated rings. The van der Waals surface area contributed by atoms with Crippen molar-refractivity contribution in [3.8, 4) is 0 Å². The van der Waals surface area contributed by atoms with Crippen LogP contribution in [0.25, 0.3) is 10.9 Å². The molecule has 0 aliphatic heterocycles. The maximum absolute atomic E-state index is 12.2. The van der Waals surface area contributed by atoms with E-state index in [9.17, 15) is 4.79 Å². The third kappa shape index (κ3) is 2.23. The number of nitrogens with one attached hydrogen (secondary N) is 1. The topological polar surface area (TPSA) is 93.8 Å². The molecule has 1 amide bonds. The molecule has 2 heterocycles. The van der Waals surface area contributed by atoms with Gasteiger partial charge in [0, 0.05) is 17.1 Å². The highest BCUT2D eigenvalue weighted by atomic mass is 32.1. The Hall–Kier alpha value is -2.54. The molecule has 0 atom stereocenters. The minimum absolute atomic E-state index is 0.255. The smallest absolute Gasteiger partial charge is 0.258 e. The van der Waals surface area contributed by atoms with E-state index >= 15 is 0 Å². The van der Waals surface area contributed by atoms with Crippen molar-refractivity contribution in [2.75, 3.05) is 11.1 Å². The minimum Gasteiger partial charge on any atom is -0.374 e. The number of pyridine rings is 1. The van der Waals surface area contributed by atoms with Crippen molar-refractivity contribution >= 4 is 38.4 Å². The second kappa shape index (κ2) is 4.62. The maximum Gasteiger partial charge on any atom is 0.258 e. The number of rotatable bonds is 2. The second-order valence-electron chi connectivity index (χ2n) is 3.78. The van der Waals surface area contributed by atoms with Crippen LogP contribution in [0.1, 0.15) is 10.4 Å². The molecule has 3 aromatic rings. The van der Waals surface area contributed by atoms with Crippen LogP contribution < -0.4 is 11.1 Å². The molecule has 1 aromatic carbocycles. The van der Waals surface area contributed by atoms with Crippen molar-refractivity contribution < 1.29 is 4.79 Å². The van der Waals surface area contributed by atoms with Crippen LogP contribution >= 0.6 is 11.3 Å². The van der Waals surface area contributed by atoms with Gasteiger partial charge in [-0.15, -0.1) is 10.2 Å². The number of hydrogen-bond acceptors (Lipinski definition) is 6. The standard InChI is InChI=1S/C12H9N5OS/c13-11-16-17-12(19-11)15-10(18)8-3-1-5-9-7(8)4-2-6-14-9/h1-6H,(H2,13,16)(H,15,17,18). The fourth-order valence-corrected chi connectivity index (χ4v) is 2.26. The van der Waals surface area contributed by atoms with E-state index < -0.39 is 0 Å². The molecule has 0 aliphatic carbocycles. The summed E-state index contributed by atoms with van der Waals surface area (Å²) in [5, 5.41) is 11.6. The molecule has 7 heteroatoms. The number of aromatic nitrogens is 3. The Kier molecular flexibility index (Phi) is 2.81. The van der Waals surface area contributed by atoms with Crippen molar-refractivity contribution in [1.29, 1.82) is 0 Å². The summed E-state index contributed by atoms with van der Waals surface area (Å²) in [7, 11) is 0. The SMILES string of the molecule is Nc1nnc(NC(=O)c2cccc3ncccc23)s1. The molecule has 0 spiro atoms. The number of carbonyl (C=O) groups excluding carboxylic acids is 1. The van der Waals surface area contributed by atoms with E-state index in [2.05, 4.69) is 20.5 Å². The highest BCUT2D eigenvalue weighted by Gasteiger charge is 2.12. The van der Waals surface area contributed by atoms with E-state index in [1.807, 2.05) is 12.1 Å². The summed E-state index contributed by atoms with van der Waals surface area (Å²) in [6.07, 6.45) is 1.69. The quantitative estimate of drug-likeness (QED) is 0.742. The van der Waals surface area contributed by atoms with Gasteiger partial charge in [-0.1, -0.05) is 23.5 Å². The van der Waals surface area contributed by atoms with Crippen LogP contribution in [-0.2, 0) is 0 Å². The van der Waals surface area contributed by atoms with E-state index in [-0.39, 0.29) is 5.91 Å². The Morgan fingerprint density at radius 3 is 2.89 bits per heavy atom. The van der Waals surface area contributed by atoms with Gasteiger partial charge in [-0.05, 0) is 18.2 Å². The average Bonchev–Trinajstić information content (AvgIpc) is 2.83. The normalized spacial score (nSPS) is 10.5. The molecule has 0 radical (unpaired) electrons. The van der Waals surface area contributed by atoms with Crippen molar-refractivity contribution in [1.82, 2.24) is 15.2 Å². The molecule has 0 saturated heterocycles. The van der Waals surface area contributed by atoms with Gasteiger partial charge in [-0.25, -0.2) is 0 Å². The lowest BCUT2D eigenvalue weighted by Crippen LogP contribution is -2.12. The zero-order chi connectivity index (χ0) is 13.2. The third-order valence-corrected chi connectivity index (χ3v) is 3.22. The van der Waals surface area contributed by atoms with Crippen LogP contribution in [-0.4, -0.2) is 21.1 Å². The van der Waals surface area contributed by atoms with Gasteiger partial charge in [-0.3, -0.25) is 15.1 Å². The van der Waals surface area contributed by atoms with Crippen LogP contribution in [0.3, 0.4) is 0 Å². The van der Waals surface area contributed by atoms with E-state index in [1.54, 1.807) is 24.4 Å². The van der Waals surface area contributed by atoms with E-state index in [1.165, 1.54) is 0 Å². The number of fused-ring (bicyclic) bond motifs is 1. The van der Waals surface area contributed by atoms with Crippen molar-refractivity contribution in [3.63, 3.8) is 0 Å². The van der Waals surface area contributed by atoms with Crippen LogP contribution in [0.5, 0.6) is 0 Å². The Morgan fingerprint density at radius 2 is 2.11 bits per heavy atom. The number of nitrogens with zero attached hydrogens (tertiary/aromatic N) is 3. The lowest BCUT2D eigenvalue weighted by molar-refractivity contribution is 0.102. The van der Waals surface area contributed by atoms with Gasteiger partial charge in [-0.2, -0.15) is 0 Å². The van der Waals surface area contributed by atoms with Crippen molar-refractivity contribution in [2.24, 2.45) is 0 Å². The van der Waals surface area contributed by atoms with E-state index in [4.69, 9.17) is 5.73 Å². The van der Waals surface area contributed by atoms with E-state index in [0.717, 1.165) is 22.2 Å². The lowest BCUT2D eigenvalue weighted by atomic mass is 10.1. The molecular weight excluding hydrogens is 262 g/mol. The zero-order valence-corrected chi connectivity index (χ0v) is 10.5. The van der Waals surface area contributed by atoms with Crippen molar-refractivity contribution in [2.45, 2.75) is 0 Å². The number of nitrogens with two attached hydrogens (primary N) is 1. The third-order valence-electron chi connectivity index (χ3n) is 2.55. The molecule has 19 heavy (non-hydrogen) atoms. The molecule has 0 aliphatic rings. The summed E-state index contributed by atoms with van der Waals surface area (Å²) in [5.41, 5.74) is 6.78. The highest BCUT2D eigenvalue weighted by molar-refractivity contribution is 7.19.